The fourth-order valence-electron chi connectivity index (χ4n) is 2.59. The molecule has 6 nitrogen and oxygen atoms in total. The van der Waals surface area contributed by atoms with Crippen LogP contribution in [0.5, 0.6) is 0 Å². The largest absolute Gasteiger partial charge is 0.253 e. The molecule has 9 heteroatoms. The van der Waals surface area contributed by atoms with Gasteiger partial charge in [-0.05, 0) is 31.0 Å². The highest BCUT2D eigenvalue weighted by atomic mass is 32.2. The van der Waals surface area contributed by atoms with Gasteiger partial charge >= 0.3 is 0 Å². The summed E-state index contributed by atoms with van der Waals surface area (Å²) in [5.41, 5.74) is 4.36. The summed E-state index contributed by atoms with van der Waals surface area (Å²) in [4.78, 5) is 8.92. The van der Waals surface area contributed by atoms with Crippen molar-refractivity contribution in [2.75, 3.05) is 0 Å². The van der Waals surface area contributed by atoms with Crippen molar-refractivity contribution < 1.29 is 0 Å². The standard InChI is InChI=1S/C19H18N6S3/c1-4-14-5-7-15(8-6-14)10-27-19-23-22-16(28-19)11-26-18-21-17-20-12(2)9-13(3)25(17)24-18/h4-9H,1,10-11H2,2-3H3. The average Bonchev–Trinajstić information content (AvgIpc) is 3.31. The Kier molecular flexibility index (Phi) is 5.74. The molecule has 142 valence electrons. The van der Waals surface area contributed by atoms with Crippen LogP contribution in [0.3, 0.4) is 0 Å². The van der Waals surface area contributed by atoms with Crippen LogP contribution in [-0.4, -0.2) is 29.8 Å². The minimum atomic E-state index is 0.635. The molecule has 3 heterocycles. The predicted octanol–water partition coefficient (Wildman–Crippen LogP) is 4.82. The van der Waals surface area contributed by atoms with Crippen molar-refractivity contribution in [2.45, 2.75) is 34.8 Å². The number of aromatic nitrogens is 6. The Morgan fingerprint density at radius 2 is 1.89 bits per heavy atom. The first-order valence-electron chi connectivity index (χ1n) is 8.61. The molecule has 0 N–H and O–H groups in total. The Morgan fingerprint density at radius 1 is 1.07 bits per heavy atom. The molecule has 3 aromatic heterocycles. The van der Waals surface area contributed by atoms with E-state index in [0.717, 1.165) is 32.1 Å². The van der Waals surface area contributed by atoms with E-state index in [0.29, 0.717) is 16.7 Å². The fourth-order valence-corrected chi connectivity index (χ4v) is 5.24. The van der Waals surface area contributed by atoms with Gasteiger partial charge in [0.15, 0.2) is 4.34 Å². The summed E-state index contributed by atoms with van der Waals surface area (Å²) in [5.74, 6) is 2.20. The average molecular weight is 427 g/mol. The van der Waals surface area contributed by atoms with E-state index >= 15 is 0 Å². The van der Waals surface area contributed by atoms with Gasteiger partial charge in [0, 0.05) is 17.1 Å². The van der Waals surface area contributed by atoms with Crippen LogP contribution < -0.4 is 0 Å². The Bertz CT molecular complexity index is 1120. The van der Waals surface area contributed by atoms with Crippen molar-refractivity contribution in [3.05, 3.63) is 64.4 Å². The molecule has 0 aliphatic heterocycles. The molecule has 0 fully saturated rings. The minimum absolute atomic E-state index is 0.635. The number of thioether (sulfide) groups is 2. The fraction of sp³-hybridized carbons (Fsp3) is 0.211. The number of hydrogen-bond acceptors (Lipinski definition) is 8. The van der Waals surface area contributed by atoms with Crippen LogP contribution in [0.4, 0.5) is 0 Å². The molecule has 0 atom stereocenters. The summed E-state index contributed by atoms with van der Waals surface area (Å²) < 4.78 is 2.74. The number of aryl methyl sites for hydroxylation is 2. The highest BCUT2D eigenvalue weighted by molar-refractivity contribution is 8.00. The van der Waals surface area contributed by atoms with Crippen LogP contribution in [0.15, 0.2) is 46.4 Å². The Morgan fingerprint density at radius 3 is 2.68 bits per heavy atom. The molecule has 1 aromatic carbocycles. The highest BCUT2D eigenvalue weighted by Crippen LogP contribution is 2.29. The molecule has 0 bridgehead atoms. The third-order valence-corrected chi connectivity index (χ3v) is 7.11. The van der Waals surface area contributed by atoms with E-state index in [4.69, 9.17) is 0 Å². The molecule has 0 amide bonds. The molecule has 0 radical (unpaired) electrons. The van der Waals surface area contributed by atoms with Gasteiger partial charge < -0.3 is 0 Å². The first-order chi connectivity index (χ1) is 13.6. The molecule has 0 aliphatic rings. The number of nitrogens with zero attached hydrogens (tertiary/aromatic N) is 6. The number of rotatable bonds is 7. The normalized spacial score (nSPS) is 11.2. The second kappa shape index (κ2) is 8.42. The lowest BCUT2D eigenvalue weighted by molar-refractivity contribution is 0.843. The van der Waals surface area contributed by atoms with E-state index in [1.165, 1.54) is 5.56 Å². The van der Waals surface area contributed by atoms with Gasteiger partial charge in [0.1, 0.15) is 5.01 Å². The van der Waals surface area contributed by atoms with Crippen molar-refractivity contribution in [3.8, 4) is 0 Å². The van der Waals surface area contributed by atoms with E-state index in [1.54, 1.807) is 39.4 Å². The van der Waals surface area contributed by atoms with Crippen LogP contribution in [0.1, 0.15) is 27.5 Å². The second-order valence-electron chi connectivity index (χ2n) is 6.13. The third-order valence-electron chi connectivity index (χ3n) is 3.95. The molecule has 0 unspecified atom stereocenters. The monoisotopic (exact) mass is 426 g/mol. The summed E-state index contributed by atoms with van der Waals surface area (Å²) in [6, 6.07) is 10.4. The third kappa shape index (κ3) is 4.43. The lowest BCUT2D eigenvalue weighted by Gasteiger charge is -1.99. The molecule has 0 saturated heterocycles. The van der Waals surface area contributed by atoms with Crippen molar-refractivity contribution in [2.24, 2.45) is 0 Å². The maximum absolute atomic E-state index is 4.52. The van der Waals surface area contributed by atoms with E-state index in [-0.39, 0.29) is 0 Å². The van der Waals surface area contributed by atoms with Crippen LogP contribution in [-0.2, 0) is 11.5 Å². The highest BCUT2D eigenvalue weighted by Gasteiger charge is 2.11. The van der Waals surface area contributed by atoms with E-state index in [9.17, 15) is 0 Å². The Labute approximate surface area is 175 Å². The zero-order valence-corrected chi connectivity index (χ0v) is 17.9. The van der Waals surface area contributed by atoms with Crippen molar-refractivity contribution in [3.63, 3.8) is 0 Å². The first-order valence-corrected chi connectivity index (χ1v) is 11.4. The van der Waals surface area contributed by atoms with Gasteiger partial charge in [0.05, 0.1) is 5.75 Å². The van der Waals surface area contributed by atoms with Crippen LogP contribution in [0.2, 0.25) is 0 Å². The van der Waals surface area contributed by atoms with E-state index in [2.05, 4.69) is 56.1 Å². The predicted molar refractivity (Wildman–Crippen MR) is 116 cm³/mol. The van der Waals surface area contributed by atoms with Gasteiger partial charge in [-0.2, -0.15) is 4.98 Å². The van der Waals surface area contributed by atoms with Gasteiger partial charge in [-0.3, -0.25) is 0 Å². The van der Waals surface area contributed by atoms with E-state index in [1.807, 2.05) is 26.0 Å². The Balaban J connectivity index is 1.35. The zero-order chi connectivity index (χ0) is 19.5. The molecule has 4 rings (SSSR count). The summed E-state index contributed by atoms with van der Waals surface area (Å²) in [7, 11) is 0. The second-order valence-corrected chi connectivity index (χ2v) is 9.36. The lowest BCUT2D eigenvalue weighted by Crippen LogP contribution is -1.97. The SMILES string of the molecule is C=Cc1ccc(CSc2nnc(CSc3nc4nc(C)cc(C)n4n3)s2)cc1. The summed E-state index contributed by atoms with van der Waals surface area (Å²) in [5, 5.41) is 14.8. The first kappa shape index (κ1) is 19.1. The molecule has 0 saturated carbocycles. The molecular formula is C19H18N6S3. The summed E-state index contributed by atoms with van der Waals surface area (Å²) in [6.07, 6.45) is 1.85. The van der Waals surface area contributed by atoms with Crippen molar-refractivity contribution in [1.82, 2.24) is 29.8 Å². The molecular weight excluding hydrogens is 408 g/mol. The van der Waals surface area contributed by atoms with Gasteiger partial charge in [0.2, 0.25) is 5.16 Å². The lowest BCUT2D eigenvalue weighted by atomic mass is 10.1. The number of fused-ring (bicyclic) bond motifs is 1. The molecule has 28 heavy (non-hydrogen) atoms. The van der Waals surface area contributed by atoms with Crippen molar-refractivity contribution in [1.29, 1.82) is 0 Å². The van der Waals surface area contributed by atoms with Gasteiger partial charge in [0.25, 0.3) is 5.78 Å². The summed E-state index contributed by atoms with van der Waals surface area (Å²) in [6.45, 7) is 7.74. The summed E-state index contributed by atoms with van der Waals surface area (Å²) >= 11 is 4.87. The van der Waals surface area contributed by atoms with Gasteiger partial charge in [-0.25, -0.2) is 9.50 Å². The van der Waals surface area contributed by atoms with Gasteiger partial charge in [-0.15, -0.1) is 15.3 Å². The quantitative estimate of drug-likeness (QED) is 0.392. The van der Waals surface area contributed by atoms with Crippen molar-refractivity contribution >= 4 is 46.7 Å². The van der Waals surface area contributed by atoms with E-state index < -0.39 is 0 Å². The van der Waals surface area contributed by atoms with Gasteiger partial charge in [-0.1, -0.05) is 71.8 Å². The molecule has 0 spiro atoms. The topological polar surface area (TPSA) is 68.9 Å². The van der Waals surface area contributed by atoms with Crippen LogP contribution in [0, 0.1) is 13.8 Å². The number of hydrogen-bond donors (Lipinski definition) is 0. The molecule has 0 aliphatic carbocycles. The maximum Gasteiger partial charge on any atom is 0.253 e. The molecule has 4 aromatic rings. The zero-order valence-electron chi connectivity index (χ0n) is 15.5. The Hall–Kier alpha value is -2.23. The smallest absolute Gasteiger partial charge is 0.216 e. The van der Waals surface area contributed by atoms with Crippen LogP contribution >= 0.6 is 34.9 Å². The number of benzene rings is 1. The maximum atomic E-state index is 4.52. The minimum Gasteiger partial charge on any atom is -0.216 e. The van der Waals surface area contributed by atoms with Crippen LogP contribution in [0.25, 0.3) is 11.9 Å².